The van der Waals surface area contributed by atoms with Gasteiger partial charge in [0.25, 0.3) is 0 Å². The molecule has 0 unspecified atom stereocenters. The van der Waals surface area contributed by atoms with E-state index in [0.717, 1.165) is 17.1 Å². The number of nitrogens with zero attached hydrogens (tertiary/aromatic N) is 1. The molecule has 54 heavy (non-hydrogen) atoms. The Morgan fingerprint density at radius 3 is 1.83 bits per heavy atom. The van der Waals surface area contributed by atoms with Crippen LogP contribution in [0.25, 0.3) is 85.5 Å². The van der Waals surface area contributed by atoms with Crippen LogP contribution < -0.4 is 4.90 Å². The fraction of sp³-hybridized carbons (Fsp3) is 0. The Labute approximate surface area is 317 Å². The summed E-state index contributed by atoms with van der Waals surface area (Å²) in [6.07, 6.45) is 0. The van der Waals surface area contributed by atoms with Crippen molar-refractivity contribution in [2.24, 2.45) is 0 Å². The molecule has 0 saturated heterocycles. The highest BCUT2D eigenvalue weighted by Crippen LogP contribution is 2.46. The lowest BCUT2D eigenvalue weighted by molar-refractivity contribution is 1.30. The predicted octanol–water partition coefficient (Wildman–Crippen LogP) is 15.5. The highest BCUT2D eigenvalue weighted by atomic mass is 32.1. The smallest absolute Gasteiger partial charge is 0.0540 e. The molecule has 0 N–H and O–H groups in total. The lowest BCUT2D eigenvalue weighted by Crippen LogP contribution is -2.11. The molecule has 0 bridgehead atoms. The second kappa shape index (κ2) is 12.4. The van der Waals surface area contributed by atoms with E-state index in [0.29, 0.717) is 0 Å². The highest BCUT2D eigenvalue weighted by molar-refractivity contribution is 7.25. The van der Waals surface area contributed by atoms with Gasteiger partial charge in [0.05, 0.1) is 11.4 Å². The number of para-hydroxylation sites is 1. The lowest BCUT2D eigenvalue weighted by atomic mass is 9.90. The zero-order valence-electron chi connectivity index (χ0n) is 29.4. The molecule has 0 radical (unpaired) electrons. The third-order valence-corrected chi connectivity index (χ3v) is 12.1. The van der Waals surface area contributed by atoms with Crippen molar-refractivity contribution in [3.05, 3.63) is 200 Å². The first kappa shape index (κ1) is 30.8. The number of anilines is 3. The Balaban J connectivity index is 1.13. The van der Waals surface area contributed by atoms with Crippen LogP contribution in [-0.4, -0.2) is 0 Å². The lowest BCUT2D eigenvalue weighted by Gasteiger charge is -2.29. The Morgan fingerprint density at radius 2 is 0.963 bits per heavy atom. The molecule has 11 rings (SSSR count). The molecule has 1 nitrogen and oxygen atoms in total. The molecule has 1 heterocycles. The maximum atomic E-state index is 2.46. The van der Waals surface area contributed by atoms with E-state index in [4.69, 9.17) is 0 Å². The zero-order valence-corrected chi connectivity index (χ0v) is 30.2. The molecular formula is C52H33NS. The van der Waals surface area contributed by atoms with E-state index in [1.807, 2.05) is 11.3 Å². The molecule has 11 aromatic rings. The minimum absolute atomic E-state index is 1.11. The van der Waals surface area contributed by atoms with Crippen molar-refractivity contribution in [3.63, 3.8) is 0 Å². The fourth-order valence-electron chi connectivity index (χ4n) is 8.52. The summed E-state index contributed by atoms with van der Waals surface area (Å²) in [5.74, 6) is 0. The molecule has 0 saturated carbocycles. The first-order chi connectivity index (χ1) is 26.8. The van der Waals surface area contributed by atoms with Gasteiger partial charge in [0.2, 0.25) is 0 Å². The van der Waals surface area contributed by atoms with Crippen LogP contribution in [0.5, 0.6) is 0 Å². The first-order valence-corrected chi connectivity index (χ1v) is 19.3. The molecule has 0 aliphatic rings. The maximum absolute atomic E-state index is 2.46. The third kappa shape index (κ3) is 4.92. The van der Waals surface area contributed by atoms with E-state index in [-0.39, 0.29) is 0 Å². The largest absolute Gasteiger partial charge is 0.309 e. The van der Waals surface area contributed by atoms with Crippen LogP contribution in [0, 0.1) is 0 Å². The number of thiophene rings is 1. The SMILES string of the molecule is c1ccc(-c2ccccc2N(c2ccc(-c3cc4ccc5ccccc5c4c4ccccc34)cc2)c2cccc3cc4sc5ccccc5c4cc23)cc1. The number of rotatable bonds is 5. The third-order valence-electron chi connectivity index (χ3n) is 11.0. The molecule has 10 aromatic carbocycles. The minimum Gasteiger partial charge on any atom is -0.309 e. The van der Waals surface area contributed by atoms with Crippen molar-refractivity contribution in [2.45, 2.75) is 0 Å². The molecular weight excluding hydrogens is 671 g/mol. The second-order valence-electron chi connectivity index (χ2n) is 14.1. The number of hydrogen-bond acceptors (Lipinski definition) is 2. The number of benzene rings is 10. The van der Waals surface area contributed by atoms with E-state index in [2.05, 4.69) is 205 Å². The average molecular weight is 704 g/mol. The summed E-state index contributed by atoms with van der Waals surface area (Å²) in [5, 5.41) is 12.8. The molecule has 0 spiro atoms. The summed E-state index contributed by atoms with van der Waals surface area (Å²) in [6, 6.07) is 73.5. The van der Waals surface area contributed by atoms with Crippen LogP contribution in [-0.2, 0) is 0 Å². The van der Waals surface area contributed by atoms with Gasteiger partial charge < -0.3 is 4.90 Å². The summed E-state index contributed by atoms with van der Waals surface area (Å²) < 4.78 is 2.64. The van der Waals surface area contributed by atoms with E-state index < -0.39 is 0 Å². The van der Waals surface area contributed by atoms with Crippen LogP contribution in [0.3, 0.4) is 0 Å². The average Bonchev–Trinajstić information content (AvgIpc) is 3.61. The molecule has 0 aliphatic carbocycles. The standard InChI is InChI=1S/C52H33NS/c1-2-13-34(14-3-1)40-17-8-10-22-48(40)53(49-23-12-16-37-32-51-47(33-46(37)49)43-20-9-11-24-50(43)54-51)39-29-27-36(28-30-39)45-31-38-26-25-35-15-4-5-18-41(35)52(38)44-21-7-6-19-42(44)45/h1-33H. The van der Waals surface area contributed by atoms with Crippen LogP contribution in [0.4, 0.5) is 17.1 Å². The topological polar surface area (TPSA) is 3.24 Å². The fourth-order valence-corrected chi connectivity index (χ4v) is 9.66. The minimum atomic E-state index is 1.11. The van der Waals surface area contributed by atoms with Crippen molar-refractivity contribution < 1.29 is 0 Å². The Morgan fingerprint density at radius 1 is 0.315 bits per heavy atom. The van der Waals surface area contributed by atoms with Gasteiger partial charge in [-0.1, -0.05) is 152 Å². The van der Waals surface area contributed by atoms with E-state index in [1.165, 1.54) is 85.5 Å². The monoisotopic (exact) mass is 703 g/mol. The summed E-state index contributed by atoms with van der Waals surface area (Å²) in [6.45, 7) is 0. The Kier molecular flexibility index (Phi) is 7.11. The van der Waals surface area contributed by atoms with Crippen molar-refractivity contribution in [1.29, 1.82) is 0 Å². The molecule has 0 aliphatic heterocycles. The Hall–Kier alpha value is -6.74. The quantitative estimate of drug-likeness (QED) is 0.161. The molecule has 2 heteroatoms. The normalized spacial score (nSPS) is 11.7. The first-order valence-electron chi connectivity index (χ1n) is 18.5. The van der Waals surface area contributed by atoms with Crippen molar-refractivity contribution in [1.82, 2.24) is 0 Å². The molecule has 0 atom stereocenters. The van der Waals surface area contributed by atoms with Crippen molar-refractivity contribution >= 4 is 91.7 Å². The van der Waals surface area contributed by atoms with E-state index >= 15 is 0 Å². The van der Waals surface area contributed by atoms with Crippen LogP contribution in [0.2, 0.25) is 0 Å². The Bertz CT molecular complexity index is 3210. The molecule has 252 valence electrons. The van der Waals surface area contributed by atoms with Gasteiger partial charge in [0.15, 0.2) is 0 Å². The number of hydrogen-bond donors (Lipinski definition) is 0. The summed E-state index contributed by atoms with van der Waals surface area (Å²) in [7, 11) is 0. The second-order valence-corrected chi connectivity index (χ2v) is 15.1. The van der Waals surface area contributed by atoms with E-state index in [9.17, 15) is 0 Å². The van der Waals surface area contributed by atoms with Crippen molar-refractivity contribution in [3.8, 4) is 22.3 Å². The van der Waals surface area contributed by atoms with Gasteiger partial charge in [-0.2, -0.15) is 0 Å². The van der Waals surface area contributed by atoms with E-state index in [1.54, 1.807) is 0 Å². The predicted molar refractivity (Wildman–Crippen MR) is 235 cm³/mol. The number of fused-ring (bicyclic) bond motifs is 9. The summed E-state index contributed by atoms with van der Waals surface area (Å²) in [5.41, 5.74) is 8.23. The van der Waals surface area contributed by atoms with Crippen molar-refractivity contribution in [2.75, 3.05) is 4.90 Å². The van der Waals surface area contributed by atoms with Gasteiger partial charge in [-0.05, 0) is 103 Å². The maximum Gasteiger partial charge on any atom is 0.0540 e. The summed E-state index contributed by atoms with van der Waals surface area (Å²) >= 11 is 1.87. The van der Waals surface area contributed by atoms with Gasteiger partial charge in [-0.25, -0.2) is 0 Å². The highest BCUT2D eigenvalue weighted by Gasteiger charge is 2.20. The van der Waals surface area contributed by atoms with Gasteiger partial charge in [-0.3, -0.25) is 0 Å². The summed E-state index contributed by atoms with van der Waals surface area (Å²) in [4.78, 5) is 2.46. The van der Waals surface area contributed by atoms with Gasteiger partial charge >= 0.3 is 0 Å². The van der Waals surface area contributed by atoms with Crippen LogP contribution in [0.15, 0.2) is 200 Å². The molecule has 1 aromatic heterocycles. The van der Waals surface area contributed by atoms with Gasteiger partial charge in [0, 0.05) is 36.8 Å². The van der Waals surface area contributed by atoms with Gasteiger partial charge in [-0.15, -0.1) is 11.3 Å². The zero-order chi connectivity index (χ0) is 35.6. The molecule has 0 fully saturated rings. The van der Waals surface area contributed by atoms with Gasteiger partial charge in [0.1, 0.15) is 0 Å². The molecule has 0 amide bonds. The van der Waals surface area contributed by atoms with Crippen LogP contribution >= 0.6 is 11.3 Å². The van der Waals surface area contributed by atoms with Crippen LogP contribution in [0.1, 0.15) is 0 Å².